The first kappa shape index (κ1) is 21.2. The van der Waals surface area contributed by atoms with Crippen molar-refractivity contribution in [3.05, 3.63) is 89.5 Å². The summed E-state index contributed by atoms with van der Waals surface area (Å²) >= 11 is 0. The Labute approximate surface area is 189 Å². The number of nitrogens with zero attached hydrogens (tertiary/aromatic N) is 2. The van der Waals surface area contributed by atoms with Gasteiger partial charge in [-0.25, -0.2) is 0 Å². The number of rotatable bonds is 2. The molecule has 2 aliphatic rings. The summed E-state index contributed by atoms with van der Waals surface area (Å²) in [4.78, 5) is 31.1. The summed E-state index contributed by atoms with van der Waals surface area (Å²) < 4.78 is 40.9. The number of hydrogen-bond donors (Lipinski definition) is 0. The average Bonchev–Trinajstić information content (AvgIpc) is 3.18. The van der Waals surface area contributed by atoms with Gasteiger partial charge >= 0.3 is 6.18 Å². The minimum absolute atomic E-state index is 0.0532. The highest BCUT2D eigenvalue weighted by Gasteiger charge is 2.57. The number of likely N-dealkylation sites (N-methyl/N-ethyl adjacent to an activating group) is 1. The summed E-state index contributed by atoms with van der Waals surface area (Å²) in [7, 11) is 0. The van der Waals surface area contributed by atoms with Crippen molar-refractivity contribution in [2.75, 3.05) is 16.3 Å². The summed E-state index contributed by atoms with van der Waals surface area (Å²) in [6, 6.07) is 19.1. The molecule has 1 aliphatic carbocycles. The second-order valence-electron chi connectivity index (χ2n) is 8.29. The number of anilines is 3. The van der Waals surface area contributed by atoms with Crippen LogP contribution in [0.5, 0.6) is 0 Å². The minimum atomic E-state index is -4.59. The third-order valence-corrected chi connectivity index (χ3v) is 6.59. The molecule has 0 N–H and O–H groups in total. The monoisotopic (exact) mass is 450 g/mol. The minimum Gasteiger partial charge on any atom is -0.309 e. The molecule has 3 aromatic carbocycles. The zero-order valence-corrected chi connectivity index (χ0v) is 17.9. The molecule has 0 aromatic heterocycles. The van der Waals surface area contributed by atoms with E-state index >= 15 is 0 Å². The first-order valence-electron chi connectivity index (χ1n) is 10.8. The summed E-state index contributed by atoms with van der Waals surface area (Å²) in [5, 5.41) is 0. The lowest BCUT2D eigenvalue weighted by atomic mass is 9.79. The fraction of sp³-hybridized carbons (Fsp3) is 0.231. The molecule has 0 saturated heterocycles. The molecule has 4 nitrogen and oxygen atoms in total. The van der Waals surface area contributed by atoms with E-state index in [1.54, 1.807) is 49.4 Å². The molecule has 0 saturated carbocycles. The Morgan fingerprint density at radius 1 is 0.879 bits per heavy atom. The Morgan fingerprint density at radius 3 is 2.27 bits per heavy atom. The Balaban J connectivity index is 1.84. The maximum Gasteiger partial charge on any atom is 0.416 e. The molecule has 0 radical (unpaired) electrons. The number of carbonyl (C=O) groups excluding carboxylic acids is 2. The molecule has 168 valence electrons. The van der Waals surface area contributed by atoms with Crippen LogP contribution in [0.1, 0.15) is 30.0 Å². The molecule has 1 aliphatic heterocycles. The van der Waals surface area contributed by atoms with Gasteiger partial charge in [0.1, 0.15) is 0 Å². The molecule has 1 atom stereocenters. The van der Waals surface area contributed by atoms with Crippen LogP contribution in [-0.2, 0) is 27.6 Å². The number of hydrogen-bond acceptors (Lipinski definition) is 2. The normalized spacial score (nSPS) is 20.1. The van der Waals surface area contributed by atoms with Crippen LogP contribution in [-0.4, -0.2) is 18.4 Å². The van der Waals surface area contributed by atoms with Crippen LogP contribution < -0.4 is 9.80 Å². The van der Waals surface area contributed by atoms with E-state index in [0.29, 0.717) is 17.7 Å². The van der Waals surface area contributed by atoms with Crippen molar-refractivity contribution in [2.24, 2.45) is 0 Å². The number of para-hydroxylation sites is 1. The zero-order chi connectivity index (χ0) is 23.4. The van der Waals surface area contributed by atoms with E-state index in [-0.39, 0.29) is 24.3 Å². The lowest BCUT2D eigenvalue weighted by Crippen LogP contribution is -2.53. The Morgan fingerprint density at radius 2 is 1.58 bits per heavy atom. The second kappa shape index (κ2) is 7.47. The van der Waals surface area contributed by atoms with E-state index in [1.807, 2.05) is 12.1 Å². The van der Waals surface area contributed by atoms with Gasteiger partial charge in [-0.1, -0.05) is 42.5 Å². The van der Waals surface area contributed by atoms with Crippen molar-refractivity contribution in [3.63, 3.8) is 0 Å². The molecule has 1 spiro atoms. The fourth-order valence-corrected chi connectivity index (χ4v) is 5.04. The van der Waals surface area contributed by atoms with Crippen LogP contribution in [0, 0.1) is 0 Å². The molecule has 0 unspecified atom stereocenters. The van der Waals surface area contributed by atoms with Crippen LogP contribution >= 0.6 is 0 Å². The van der Waals surface area contributed by atoms with Crippen molar-refractivity contribution in [1.82, 2.24) is 0 Å². The summed E-state index contributed by atoms with van der Waals surface area (Å²) in [5.41, 5.74) is -0.0847. The molecule has 2 amide bonds. The highest BCUT2D eigenvalue weighted by molar-refractivity contribution is 6.27. The molecule has 7 heteroatoms. The van der Waals surface area contributed by atoms with Crippen molar-refractivity contribution < 1.29 is 22.8 Å². The van der Waals surface area contributed by atoms with E-state index in [1.165, 1.54) is 15.9 Å². The largest absolute Gasteiger partial charge is 0.416 e. The van der Waals surface area contributed by atoms with Gasteiger partial charge in [-0.05, 0) is 61.2 Å². The number of aryl methyl sites for hydroxylation is 1. The SMILES string of the molecule is CCN1C(=O)[C@@]2(CCc3ccccc32)C(=O)N(c2ccccc2)c2cc(C(F)(F)F)ccc21. The third kappa shape index (κ3) is 3.06. The van der Waals surface area contributed by atoms with Crippen molar-refractivity contribution in [1.29, 1.82) is 0 Å². The van der Waals surface area contributed by atoms with E-state index < -0.39 is 29.0 Å². The maximum atomic E-state index is 14.3. The highest BCUT2D eigenvalue weighted by atomic mass is 19.4. The number of halogens is 3. The van der Waals surface area contributed by atoms with Crippen molar-refractivity contribution in [3.8, 4) is 0 Å². The smallest absolute Gasteiger partial charge is 0.309 e. The van der Waals surface area contributed by atoms with Gasteiger partial charge in [-0.3, -0.25) is 14.5 Å². The molecular weight excluding hydrogens is 429 g/mol. The Bertz CT molecular complexity index is 1260. The topological polar surface area (TPSA) is 40.6 Å². The van der Waals surface area contributed by atoms with Gasteiger partial charge in [-0.2, -0.15) is 13.2 Å². The number of amides is 2. The predicted octanol–water partition coefficient (Wildman–Crippen LogP) is 5.62. The standard InChI is InChI=1S/C26H21F3N2O2/c1-2-30-21-13-12-18(26(27,28)29)16-22(21)31(19-9-4-3-5-10-19)24(33)25(23(30)32)15-14-17-8-6-7-11-20(17)25/h3-13,16H,2,14-15H2,1H3/t25-/m0/s1. The van der Waals surface area contributed by atoms with Gasteiger partial charge in [0, 0.05) is 12.2 Å². The predicted molar refractivity (Wildman–Crippen MR) is 120 cm³/mol. The van der Waals surface area contributed by atoms with Crippen LogP contribution in [0.25, 0.3) is 0 Å². The van der Waals surface area contributed by atoms with Gasteiger partial charge < -0.3 is 4.90 Å². The van der Waals surface area contributed by atoms with Gasteiger partial charge in [0.25, 0.3) is 5.91 Å². The molecule has 1 heterocycles. The lowest BCUT2D eigenvalue weighted by molar-refractivity contribution is -0.138. The van der Waals surface area contributed by atoms with E-state index in [9.17, 15) is 22.8 Å². The van der Waals surface area contributed by atoms with Gasteiger partial charge in [0.05, 0.1) is 16.9 Å². The number of alkyl halides is 3. The second-order valence-corrected chi connectivity index (χ2v) is 8.29. The zero-order valence-electron chi connectivity index (χ0n) is 17.9. The van der Waals surface area contributed by atoms with Crippen LogP contribution in [0.15, 0.2) is 72.8 Å². The van der Waals surface area contributed by atoms with Crippen LogP contribution in [0.4, 0.5) is 30.2 Å². The molecule has 5 rings (SSSR count). The lowest BCUT2D eigenvalue weighted by Gasteiger charge is -2.32. The van der Waals surface area contributed by atoms with Crippen molar-refractivity contribution in [2.45, 2.75) is 31.4 Å². The van der Waals surface area contributed by atoms with Gasteiger partial charge in [0.2, 0.25) is 5.91 Å². The summed E-state index contributed by atoms with van der Waals surface area (Å²) in [5.74, 6) is -0.931. The average molecular weight is 450 g/mol. The molecule has 3 aromatic rings. The van der Waals surface area contributed by atoms with Crippen molar-refractivity contribution >= 4 is 28.9 Å². The fourth-order valence-electron chi connectivity index (χ4n) is 5.04. The Kier molecular flexibility index (Phi) is 4.81. The summed E-state index contributed by atoms with van der Waals surface area (Å²) in [6.45, 7) is 1.98. The van der Waals surface area contributed by atoms with Gasteiger partial charge in [-0.15, -0.1) is 0 Å². The summed E-state index contributed by atoms with van der Waals surface area (Å²) in [6.07, 6.45) is -3.78. The highest BCUT2D eigenvalue weighted by Crippen LogP contribution is 2.50. The number of carbonyl (C=O) groups is 2. The van der Waals surface area contributed by atoms with Crippen LogP contribution in [0.3, 0.4) is 0 Å². The van der Waals surface area contributed by atoms with Gasteiger partial charge in [0.15, 0.2) is 5.41 Å². The number of fused-ring (bicyclic) bond motifs is 3. The maximum absolute atomic E-state index is 14.3. The van der Waals surface area contributed by atoms with E-state index in [4.69, 9.17) is 0 Å². The van der Waals surface area contributed by atoms with Crippen LogP contribution in [0.2, 0.25) is 0 Å². The Hall–Kier alpha value is -3.61. The van der Waals surface area contributed by atoms with E-state index in [0.717, 1.165) is 17.7 Å². The number of benzene rings is 3. The molecule has 0 bridgehead atoms. The quantitative estimate of drug-likeness (QED) is 0.476. The molecule has 33 heavy (non-hydrogen) atoms. The molecule has 0 fully saturated rings. The first-order valence-corrected chi connectivity index (χ1v) is 10.8. The van der Waals surface area contributed by atoms with E-state index in [2.05, 4.69) is 0 Å². The third-order valence-electron chi connectivity index (χ3n) is 6.59. The molecular formula is C26H21F3N2O2. The first-order chi connectivity index (χ1) is 15.8.